The van der Waals surface area contributed by atoms with Gasteiger partial charge in [-0.1, -0.05) is 36.4 Å². The number of hydrogen-bond acceptors (Lipinski definition) is 9. The predicted octanol–water partition coefficient (Wildman–Crippen LogP) is 5.03. The first-order chi connectivity index (χ1) is 29.4. The Balaban J connectivity index is 0.918. The minimum Gasteiger partial charge on any atom is -0.381 e. The zero-order valence-corrected chi connectivity index (χ0v) is 35.6. The molecule has 0 atom stereocenters. The summed E-state index contributed by atoms with van der Waals surface area (Å²) in [7, 11) is 0. The standard InChI is InChI=1S/C47H56N8O6/c1-5-53(38-13-20-61-21-14-38)42-25-36(24-40(32(42)4)44(57)48-26-41-30(2)22-31(3)49-45(41)58)35-9-6-33(7-10-35)27-51-16-18-52(19-17-51)28-34-8-11-39-37(23-34)29-55(46(39)59)54-15-12-43(56)50-47(54)60/h6-11,22-25,38H,5,12-21,26-29H2,1-4H3,(H,48,57)(H,49,58)(H,50,56,60). The summed E-state index contributed by atoms with van der Waals surface area (Å²) in [6.07, 6.45) is 2.03. The Kier molecular flexibility index (Phi) is 12.4. The van der Waals surface area contributed by atoms with Crippen LogP contribution >= 0.6 is 0 Å². The van der Waals surface area contributed by atoms with Crippen molar-refractivity contribution in [2.45, 2.75) is 79.2 Å². The highest BCUT2D eigenvalue weighted by atomic mass is 16.5. The Morgan fingerprint density at radius 3 is 2.18 bits per heavy atom. The van der Waals surface area contributed by atoms with E-state index in [-0.39, 0.29) is 42.8 Å². The van der Waals surface area contributed by atoms with E-state index in [1.807, 2.05) is 45.0 Å². The molecule has 3 N–H and O–H groups in total. The van der Waals surface area contributed by atoms with E-state index in [1.165, 1.54) is 15.6 Å². The molecule has 5 amide bonds. The van der Waals surface area contributed by atoms with Crippen LogP contribution in [0.25, 0.3) is 11.1 Å². The van der Waals surface area contributed by atoms with Crippen molar-refractivity contribution in [1.29, 1.82) is 0 Å². The molecule has 1 aromatic heterocycles. The summed E-state index contributed by atoms with van der Waals surface area (Å²) in [6.45, 7) is 16.1. The second kappa shape index (κ2) is 18.0. The maximum absolute atomic E-state index is 14.0. The van der Waals surface area contributed by atoms with Crippen molar-refractivity contribution in [2.75, 3.05) is 57.4 Å². The van der Waals surface area contributed by atoms with Gasteiger partial charge in [0.05, 0.1) is 13.1 Å². The number of benzene rings is 3. The number of piperazine rings is 1. The number of hydrogen-bond donors (Lipinski definition) is 3. The summed E-state index contributed by atoms with van der Waals surface area (Å²) in [5, 5.41) is 8.12. The number of fused-ring (bicyclic) bond motifs is 1. The lowest BCUT2D eigenvalue weighted by Gasteiger charge is -2.37. The molecule has 0 aliphatic carbocycles. The number of hydrazine groups is 1. The molecular weight excluding hydrogens is 773 g/mol. The first-order valence-corrected chi connectivity index (χ1v) is 21.5. The van der Waals surface area contributed by atoms with Gasteiger partial charge < -0.3 is 19.9 Å². The second-order valence-electron chi connectivity index (χ2n) is 16.8. The Morgan fingerprint density at radius 1 is 0.820 bits per heavy atom. The first-order valence-electron chi connectivity index (χ1n) is 21.5. The molecule has 3 saturated heterocycles. The lowest BCUT2D eigenvalue weighted by atomic mass is 9.94. The van der Waals surface area contributed by atoms with Crippen LogP contribution in [-0.2, 0) is 35.7 Å². The number of nitrogens with one attached hydrogen (secondary N) is 3. The number of urea groups is 1. The van der Waals surface area contributed by atoms with E-state index >= 15 is 0 Å². The third kappa shape index (κ3) is 9.12. The Hall–Kier alpha value is -5.83. The molecule has 14 heteroatoms. The lowest BCUT2D eigenvalue weighted by molar-refractivity contribution is -0.123. The van der Waals surface area contributed by atoms with Crippen LogP contribution in [0.2, 0.25) is 0 Å². The monoisotopic (exact) mass is 828 g/mol. The summed E-state index contributed by atoms with van der Waals surface area (Å²) in [5.74, 6) is -0.756. The second-order valence-corrected chi connectivity index (χ2v) is 16.8. The molecule has 14 nitrogen and oxygen atoms in total. The van der Waals surface area contributed by atoms with E-state index in [2.05, 4.69) is 73.6 Å². The molecule has 0 spiro atoms. The Morgan fingerprint density at radius 2 is 1.51 bits per heavy atom. The fourth-order valence-corrected chi connectivity index (χ4v) is 9.25. The lowest BCUT2D eigenvalue weighted by Crippen LogP contribution is -2.56. The number of rotatable bonds is 12. The quantitative estimate of drug-likeness (QED) is 0.179. The summed E-state index contributed by atoms with van der Waals surface area (Å²) in [5.41, 5.74) is 10.4. The summed E-state index contributed by atoms with van der Waals surface area (Å²) >= 11 is 0. The van der Waals surface area contributed by atoms with Crippen molar-refractivity contribution in [3.63, 3.8) is 0 Å². The molecule has 4 aromatic rings. The van der Waals surface area contributed by atoms with Crippen LogP contribution in [0.5, 0.6) is 0 Å². The van der Waals surface area contributed by atoms with Gasteiger partial charge in [0.1, 0.15) is 0 Å². The zero-order chi connectivity index (χ0) is 42.8. The average molecular weight is 829 g/mol. The van der Waals surface area contributed by atoms with Crippen LogP contribution in [0.1, 0.15) is 86.0 Å². The number of H-pyrrole nitrogens is 1. The van der Waals surface area contributed by atoms with Crippen molar-refractivity contribution in [2.24, 2.45) is 0 Å². The van der Waals surface area contributed by atoms with Gasteiger partial charge in [0.2, 0.25) is 5.91 Å². The maximum atomic E-state index is 14.0. The van der Waals surface area contributed by atoms with Crippen LogP contribution in [0.3, 0.4) is 0 Å². The van der Waals surface area contributed by atoms with Crippen molar-refractivity contribution < 1.29 is 23.9 Å². The molecule has 8 rings (SSSR count). The number of aryl methyl sites for hydroxylation is 2. The van der Waals surface area contributed by atoms with E-state index in [0.717, 1.165) is 117 Å². The molecule has 320 valence electrons. The van der Waals surface area contributed by atoms with Gasteiger partial charge in [-0.15, -0.1) is 0 Å². The third-order valence-corrected chi connectivity index (χ3v) is 12.7. The SMILES string of the molecule is CCN(c1cc(-c2ccc(CN3CCN(Cc4ccc5c(c4)CN(N4CCC(=O)NC4=O)C5=O)CC3)cc2)cc(C(=O)NCc2c(C)cc(C)[nH]c2=O)c1C)C1CCOCC1. The number of carbonyl (C=O) groups excluding carboxylic acids is 4. The van der Waals surface area contributed by atoms with E-state index < -0.39 is 6.03 Å². The molecule has 61 heavy (non-hydrogen) atoms. The molecule has 5 heterocycles. The van der Waals surface area contributed by atoms with Crippen molar-refractivity contribution in [3.8, 4) is 11.1 Å². The number of carbonyl (C=O) groups is 4. The van der Waals surface area contributed by atoms with E-state index in [9.17, 15) is 24.0 Å². The van der Waals surface area contributed by atoms with Crippen LogP contribution in [0, 0.1) is 20.8 Å². The number of ether oxygens (including phenoxy) is 1. The topological polar surface area (TPSA) is 151 Å². The zero-order valence-electron chi connectivity index (χ0n) is 35.6. The smallest absolute Gasteiger partial charge is 0.342 e. The van der Waals surface area contributed by atoms with Gasteiger partial charge in [0.15, 0.2) is 0 Å². The number of amides is 5. The van der Waals surface area contributed by atoms with Gasteiger partial charge in [-0.2, -0.15) is 0 Å². The maximum Gasteiger partial charge on any atom is 0.342 e. The molecule has 0 saturated carbocycles. The van der Waals surface area contributed by atoms with Crippen molar-refractivity contribution in [3.05, 3.63) is 121 Å². The number of aromatic amines is 1. The molecule has 4 aliphatic heterocycles. The summed E-state index contributed by atoms with van der Waals surface area (Å²) < 4.78 is 5.70. The predicted molar refractivity (Wildman–Crippen MR) is 233 cm³/mol. The highest BCUT2D eigenvalue weighted by Crippen LogP contribution is 2.34. The molecular formula is C47H56N8O6. The van der Waals surface area contributed by atoms with Crippen molar-refractivity contribution in [1.82, 2.24) is 35.4 Å². The van der Waals surface area contributed by atoms with Gasteiger partial charge >= 0.3 is 6.03 Å². The summed E-state index contributed by atoms with van der Waals surface area (Å²) in [6, 6.07) is 20.5. The Labute approximate surface area is 356 Å². The number of imide groups is 1. The van der Waals surface area contributed by atoms with Gasteiger partial charge in [-0.05, 0) is 104 Å². The first kappa shape index (κ1) is 41.9. The van der Waals surface area contributed by atoms with Crippen LogP contribution < -0.4 is 21.1 Å². The molecule has 4 aliphatic rings. The highest BCUT2D eigenvalue weighted by molar-refractivity contribution is 6.02. The minimum atomic E-state index is -0.558. The number of pyridine rings is 1. The van der Waals surface area contributed by atoms with Crippen LogP contribution in [0.15, 0.2) is 65.5 Å². The number of aromatic nitrogens is 1. The van der Waals surface area contributed by atoms with Crippen molar-refractivity contribution >= 4 is 29.4 Å². The molecule has 0 unspecified atom stereocenters. The van der Waals surface area contributed by atoms with Gasteiger partial charge in [0.25, 0.3) is 17.4 Å². The van der Waals surface area contributed by atoms with Gasteiger partial charge in [-0.3, -0.25) is 34.3 Å². The van der Waals surface area contributed by atoms with E-state index in [4.69, 9.17) is 4.74 Å². The van der Waals surface area contributed by atoms with E-state index in [1.54, 1.807) is 0 Å². The fraction of sp³-hybridized carbons (Fsp3) is 0.426. The molecule has 3 fully saturated rings. The average Bonchev–Trinajstić information content (AvgIpc) is 3.57. The van der Waals surface area contributed by atoms with Gasteiger partial charge in [0, 0.05) is 106 Å². The minimum absolute atomic E-state index is 0.140. The highest BCUT2D eigenvalue weighted by Gasteiger charge is 2.37. The number of nitrogens with zero attached hydrogens (tertiary/aromatic N) is 5. The summed E-state index contributed by atoms with van der Waals surface area (Å²) in [4.78, 5) is 74.1. The molecule has 0 radical (unpaired) electrons. The normalized spacial score (nSPS) is 17.7. The van der Waals surface area contributed by atoms with E-state index in [0.29, 0.717) is 29.3 Å². The van der Waals surface area contributed by atoms with Crippen LogP contribution in [-0.4, -0.2) is 107 Å². The van der Waals surface area contributed by atoms with Gasteiger partial charge in [-0.25, -0.2) is 14.8 Å². The van der Waals surface area contributed by atoms with Crippen LogP contribution in [0.4, 0.5) is 10.5 Å². The molecule has 0 bridgehead atoms. The largest absolute Gasteiger partial charge is 0.381 e. The third-order valence-electron chi connectivity index (χ3n) is 12.7. The fourth-order valence-electron chi connectivity index (χ4n) is 9.25. The number of anilines is 1. The Bertz CT molecular complexity index is 2380. The molecule has 3 aromatic carbocycles.